The number of para-hydroxylation sites is 1. The van der Waals surface area contributed by atoms with Crippen LogP contribution in [-0.2, 0) is 9.53 Å². The Labute approximate surface area is 126 Å². The number of nitrogens with zero attached hydrogens (tertiary/aromatic N) is 4. The van der Waals surface area contributed by atoms with E-state index in [0.717, 1.165) is 5.69 Å². The van der Waals surface area contributed by atoms with Gasteiger partial charge in [0.2, 0.25) is 5.16 Å². The Morgan fingerprint density at radius 2 is 2.19 bits per heavy atom. The van der Waals surface area contributed by atoms with Crippen molar-refractivity contribution in [2.75, 3.05) is 12.4 Å². The van der Waals surface area contributed by atoms with Crippen LogP contribution in [0.4, 0.5) is 0 Å². The van der Waals surface area contributed by atoms with Crippen LogP contribution < -0.4 is 0 Å². The SMILES string of the molecule is CCOC(=O)C[C@H](O)CSc1nnnn1-c1ccccc1. The van der Waals surface area contributed by atoms with E-state index in [1.807, 2.05) is 30.3 Å². The predicted octanol–water partition coefficient (Wildman–Crippen LogP) is 1.07. The van der Waals surface area contributed by atoms with Crippen molar-refractivity contribution in [3.05, 3.63) is 30.3 Å². The molecule has 0 fully saturated rings. The van der Waals surface area contributed by atoms with Gasteiger partial charge in [-0.2, -0.15) is 4.68 Å². The van der Waals surface area contributed by atoms with Crippen LogP contribution in [0.15, 0.2) is 35.5 Å². The Balaban J connectivity index is 1.93. The normalized spacial score (nSPS) is 12.1. The summed E-state index contributed by atoms with van der Waals surface area (Å²) in [5.74, 6) is -0.0975. The summed E-state index contributed by atoms with van der Waals surface area (Å²) in [6, 6.07) is 9.46. The highest BCUT2D eigenvalue weighted by Gasteiger charge is 2.15. The van der Waals surface area contributed by atoms with Crippen LogP contribution in [0.2, 0.25) is 0 Å². The minimum Gasteiger partial charge on any atom is -0.466 e. The van der Waals surface area contributed by atoms with E-state index in [1.165, 1.54) is 11.8 Å². The van der Waals surface area contributed by atoms with Crippen molar-refractivity contribution in [2.24, 2.45) is 0 Å². The Bertz CT molecular complexity index is 576. The number of tetrazole rings is 1. The zero-order chi connectivity index (χ0) is 15.1. The highest BCUT2D eigenvalue weighted by molar-refractivity contribution is 7.99. The highest BCUT2D eigenvalue weighted by Crippen LogP contribution is 2.19. The quantitative estimate of drug-likeness (QED) is 0.604. The maximum Gasteiger partial charge on any atom is 0.308 e. The van der Waals surface area contributed by atoms with Gasteiger partial charge in [-0.05, 0) is 29.5 Å². The fourth-order valence-corrected chi connectivity index (χ4v) is 2.46. The summed E-state index contributed by atoms with van der Waals surface area (Å²) in [4.78, 5) is 11.3. The third kappa shape index (κ3) is 4.54. The van der Waals surface area contributed by atoms with Crippen LogP contribution in [0.3, 0.4) is 0 Å². The van der Waals surface area contributed by atoms with Gasteiger partial charge in [0.05, 0.1) is 24.8 Å². The lowest BCUT2D eigenvalue weighted by Gasteiger charge is -2.09. The molecule has 1 aromatic carbocycles. The van der Waals surface area contributed by atoms with Crippen molar-refractivity contribution >= 4 is 17.7 Å². The molecular weight excluding hydrogens is 292 g/mol. The predicted molar refractivity (Wildman–Crippen MR) is 77.1 cm³/mol. The topological polar surface area (TPSA) is 90.1 Å². The first-order valence-corrected chi connectivity index (χ1v) is 7.49. The average molecular weight is 308 g/mol. The van der Waals surface area contributed by atoms with Gasteiger partial charge >= 0.3 is 5.97 Å². The number of aliphatic hydroxyl groups excluding tert-OH is 1. The molecule has 0 radical (unpaired) electrons. The number of aromatic nitrogens is 4. The molecule has 1 N–H and O–H groups in total. The van der Waals surface area contributed by atoms with Gasteiger partial charge in [-0.15, -0.1) is 5.10 Å². The Morgan fingerprint density at radius 1 is 1.43 bits per heavy atom. The summed E-state index contributed by atoms with van der Waals surface area (Å²) in [6.07, 6.45) is -0.830. The van der Waals surface area contributed by atoms with Crippen molar-refractivity contribution in [3.63, 3.8) is 0 Å². The van der Waals surface area contributed by atoms with Crippen molar-refractivity contribution in [2.45, 2.75) is 24.6 Å². The second kappa shape index (κ2) is 7.75. The molecule has 0 saturated heterocycles. The number of carbonyl (C=O) groups excluding carboxylic acids is 1. The molecule has 0 amide bonds. The number of benzene rings is 1. The van der Waals surface area contributed by atoms with Gasteiger partial charge in [0.15, 0.2) is 0 Å². The van der Waals surface area contributed by atoms with Gasteiger partial charge in [0.25, 0.3) is 0 Å². The van der Waals surface area contributed by atoms with E-state index in [2.05, 4.69) is 15.5 Å². The van der Waals surface area contributed by atoms with E-state index >= 15 is 0 Å². The molecule has 0 spiro atoms. The molecule has 1 aromatic heterocycles. The van der Waals surface area contributed by atoms with Gasteiger partial charge in [-0.3, -0.25) is 4.79 Å². The lowest BCUT2D eigenvalue weighted by Crippen LogP contribution is -2.18. The molecule has 2 rings (SSSR count). The van der Waals surface area contributed by atoms with E-state index in [1.54, 1.807) is 11.6 Å². The molecule has 0 aliphatic rings. The third-order valence-corrected chi connectivity index (χ3v) is 3.62. The smallest absolute Gasteiger partial charge is 0.308 e. The Kier molecular flexibility index (Phi) is 5.70. The zero-order valence-corrected chi connectivity index (χ0v) is 12.4. The largest absolute Gasteiger partial charge is 0.466 e. The molecule has 8 heteroatoms. The lowest BCUT2D eigenvalue weighted by atomic mass is 10.3. The van der Waals surface area contributed by atoms with Crippen molar-refractivity contribution < 1.29 is 14.6 Å². The zero-order valence-electron chi connectivity index (χ0n) is 11.5. The van der Waals surface area contributed by atoms with Gasteiger partial charge < -0.3 is 9.84 Å². The summed E-state index contributed by atoms with van der Waals surface area (Å²) in [5, 5.41) is 21.8. The van der Waals surface area contributed by atoms with Gasteiger partial charge in [0, 0.05) is 5.75 Å². The Hall–Kier alpha value is -1.93. The monoisotopic (exact) mass is 308 g/mol. The van der Waals surface area contributed by atoms with Crippen LogP contribution in [0.1, 0.15) is 13.3 Å². The van der Waals surface area contributed by atoms with Gasteiger partial charge in [0.1, 0.15) is 0 Å². The standard InChI is InChI=1S/C13H16N4O3S/c1-2-20-12(19)8-11(18)9-21-13-14-15-16-17(13)10-6-4-3-5-7-10/h3-7,11,18H,2,8-9H2,1H3/t11-/m0/s1. The van der Waals surface area contributed by atoms with E-state index in [-0.39, 0.29) is 6.42 Å². The molecule has 0 bridgehead atoms. The first-order chi connectivity index (χ1) is 10.2. The fraction of sp³-hybridized carbons (Fsp3) is 0.385. The number of aliphatic hydroxyl groups is 1. The van der Waals surface area contributed by atoms with E-state index in [0.29, 0.717) is 17.5 Å². The molecule has 2 aromatic rings. The maximum absolute atomic E-state index is 11.3. The summed E-state index contributed by atoms with van der Waals surface area (Å²) in [6.45, 7) is 2.04. The summed E-state index contributed by atoms with van der Waals surface area (Å²) < 4.78 is 6.37. The summed E-state index contributed by atoms with van der Waals surface area (Å²) in [7, 11) is 0. The second-order valence-electron chi connectivity index (χ2n) is 4.18. The number of esters is 1. The van der Waals surface area contributed by atoms with Crippen molar-refractivity contribution in [3.8, 4) is 5.69 Å². The molecule has 7 nitrogen and oxygen atoms in total. The molecule has 0 aliphatic carbocycles. The molecule has 112 valence electrons. The first-order valence-electron chi connectivity index (χ1n) is 6.51. The third-order valence-electron chi connectivity index (χ3n) is 2.55. The highest BCUT2D eigenvalue weighted by atomic mass is 32.2. The average Bonchev–Trinajstić information content (AvgIpc) is 2.94. The minimum atomic E-state index is -0.796. The summed E-state index contributed by atoms with van der Waals surface area (Å²) in [5.41, 5.74) is 0.838. The molecular formula is C13H16N4O3S. The Morgan fingerprint density at radius 3 is 2.90 bits per heavy atom. The van der Waals surface area contributed by atoms with Crippen LogP contribution >= 0.6 is 11.8 Å². The number of ether oxygens (including phenoxy) is 1. The van der Waals surface area contributed by atoms with Gasteiger partial charge in [-0.25, -0.2) is 0 Å². The van der Waals surface area contributed by atoms with Gasteiger partial charge in [-0.1, -0.05) is 30.0 Å². The molecule has 0 unspecified atom stereocenters. The molecule has 0 saturated carbocycles. The number of carbonyl (C=O) groups is 1. The number of thioether (sulfide) groups is 1. The van der Waals surface area contributed by atoms with E-state index in [9.17, 15) is 9.90 Å². The number of hydrogen-bond acceptors (Lipinski definition) is 7. The van der Waals surface area contributed by atoms with Crippen LogP contribution in [0.25, 0.3) is 5.69 Å². The van der Waals surface area contributed by atoms with Crippen LogP contribution in [0, 0.1) is 0 Å². The van der Waals surface area contributed by atoms with Crippen LogP contribution in [-0.4, -0.2) is 49.7 Å². The minimum absolute atomic E-state index is 0.0340. The summed E-state index contributed by atoms with van der Waals surface area (Å²) >= 11 is 1.29. The molecule has 1 atom stereocenters. The van der Waals surface area contributed by atoms with Crippen molar-refractivity contribution in [1.82, 2.24) is 20.2 Å². The first kappa shape index (κ1) is 15.5. The van der Waals surface area contributed by atoms with E-state index in [4.69, 9.17) is 4.74 Å². The fourth-order valence-electron chi connectivity index (χ4n) is 1.64. The molecule has 21 heavy (non-hydrogen) atoms. The molecule has 1 heterocycles. The second-order valence-corrected chi connectivity index (χ2v) is 5.17. The number of rotatable bonds is 7. The maximum atomic E-state index is 11.3. The van der Waals surface area contributed by atoms with Crippen molar-refractivity contribution in [1.29, 1.82) is 0 Å². The van der Waals surface area contributed by atoms with Crippen LogP contribution in [0.5, 0.6) is 0 Å². The lowest BCUT2D eigenvalue weighted by molar-refractivity contribution is -0.144. The van der Waals surface area contributed by atoms with E-state index < -0.39 is 12.1 Å². The number of hydrogen-bond donors (Lipinski definition) is 1. The molecule has 0 aliphatic heterocycles.